The summed E-state index contributed by atoms with van der Waals surface area (Å²) < 4.78 is 8.27. The van der Waals surface area contributed by atoms with Crippen LogP contribution in [0.1, 0.15) is 36.6 Å². The number of rotatable bonds is 8. The number of carbonyl (C=O) groups is 1. The van der Waals surface area contributed by atoms with Gasteiger partial charge in [-0.05, 0) is 67.8 Å². The van der Waals surface area contributed by atoms with E-state index in [4.69, 9.17) is 21.3 Å². The van der Waals surface area contributed by atoms with Gasteiger partial charge in [0.25, 0.3) is 0 Å². The molecular formula is C28H28ClN3O2. The Kier molecular flexibility index (Phi) is 6.54. The van der Waals surface area contributed by atoms with Crippen molar-refractivity contribution in [2.45, 2.75) is 38.6 Å². The van der Waals surface area contributed by atoms with Gasteiger partial charge in [0.2, 0.25) is 5.91 Å². The van der Waals surface area contributed by atoms with Crippen molar-refractivity contribution in [3.63, 3.8) is 0 Å². The molecule has 174 valence electrons. The average Bonchev–Trinajstić information content (AvgIpc) is 3.41. The summed E-state index contributed by atoms with van der Waals surface area (Å²) in [4.78, 5) is 19.7. The van der Waals surface area contributed by atoms with Crippen LogP contribution in [-0.2, 0) is 11.3 Å². The molecule has 0 bridgehead atoms. The maximum atomic E-state index is 12.9. The Hall–Kier alpha value is -3.31. The minimum absolute atomic E-state index is 0.0544. The number of fused-ring (bicyclic) bond motifs is 1. The van der Waals surface area contributed by atoms with Crippen molar-refractivity contribution >= 4 is 34.2 Å². The van der Waals surface area contributed by atoms with Gasteiger partial charge in [-0.15, -0.1) is 0 Å². The molecule has 3 aromatic carbocycles. The lowest BCUT2D eigenvalue weighted by Gasteiger charge is -2.17. The largest absolute Gasteiger partial charge is 0.493 e. The van der Waals surface area contributed by atoms with E-state index >= 15 is 0 Å². The fourth-order valence-corrected chi connectivity index (χ4v) is 4.79. The highest BCUT2D eigenvalue weighted by molar-refractivity contribution is 6.30. The number of hydrogen-bond acceptors (Lipinski definition) is 3. The number of anilines is 1. The second-order valence-electron chi connectivity index (χ2n) is 8.81. The third-order valence-corrected chi connectivity index (χ3v) is 6.69. The van der Waals surface area contributed by atoms with Crippen LogP contribution >= 0.6 is 11.6 Å². The van der Waals surface area contributed by atoms with E-state index in [9.17, 15) is 4.79 Å². The van der Waals surface area contributed by atoms with Crippen molar-refractivity contribution in [3.8, 4) is 5.75 Å². The van der Waals surface area contributed by atoms with Gasteiger partial charge < -0.3 is 14.2 Å². The van der Waals surface area contributed by atoms with Gasteiger partial charge in [-0.3, -0.25) is 4.79 Å². The third kappa shape index (κ3) is 4.66. The van der Waals surface area contributed by atoms with Crippen LogP contribution in [0.2, 0.25) is 5.02 Å². The summed E-state index contributed by atoms with van der Waals surface area (Å²) in [6.45, 7) is 4.22. The van der Waals surface area contributed by atoms with Crippen molar-refractivity contribution in [2.24, 2.45) is 0 Å². The fraction of sp³-hybridized carbons (Fsp3) is 0.286. The molecule has 2 heterocycles. The minimum atomic E-state index is 0.0544. The fourth-order valence-electron chi connectivity index (χ4n) is 4.66. The van der Waals surface area contributed by atoms with Crippen molar-refractivity contribution in [1.29, 1.82) is 0 Å². The highest BCUT2D eigenvalue weighted by atomic mass is 35.5. The maximum Gasteiger partial charge on any atom is 0.227 e. The van der Waals surface area contributed by atoms with Gasteiger partial charge in [-0.2, -0.15) is 0 Å². The molecule has 0 saturated carbocycles. The Balaban J connectivity index is 1.30. The lowest BCUT2D eigenvalue weighted by atomic mass is 10.1. The molecular weight excluding hydrogens is 446 g/mol. The van der Waals surface area contributed by atoms with Crippen molar-refractivity contribution in [2.75, 3.05) is 18.1 Å². The number of hydrogen-bond donors (Lipinski definition) is 0. The van der Waals surface area contributed by atoms with E-state index in [1.807, 2.05) is 65.6 Å². The van der Waals surface area contributed by atoms with Crippen LogP contribution in [0, 0.1) is 6.92 Å². The van der Waals surface area contributed by atoms with E-state index in [1.54, 1.807) is 0 Å². The monoisotopic (exact) mass is 473 g/mol. The van der Waals surface area contributed by atoms with Gasteiger partial charge in [-0.1, -0.05) is 41.9 Å². The van der Waals surface area contributed by atoms with Crippen molar-refractivity contribution in [3.05, 3.63) is 89.2 Å². The van der Waals surface area contributed by atoms with E-state index in [0.717, 1.165) is 53.2 Å². The number of halogens is 1. The first-order valence-corrected chi connectivity index (χ1v) is 12.2. The maximum absolute atomic E-state index is 12.9. The second-order valence-corrected chi connectivity index (χ2v) is 9.25. The smallest absolute Gasteiger partial charge is 0.227 e. The highest BCUT2D eigenvalue weighted by Gasteiger charge is 2.34. The molecule has 0 aliphatic carbocycles. The first-order valence-electron chi connectivity index (χ1n) is 11.8. The summed E-state index contributed by atoms with van der Waals surface area (Å²) in [6, 6.07) is 23.8. The number of benzene rings is 3. The normalized spacial score (nSPS) is 15.9. The lowest BCUT2D eigenvalue weighted by molar-refractivity contribution is -0.117. The molecule has 1 fully saturated rings. The summed E-state index contributed by atoms with van der Waals surface area (Å²) in [5.41, 5.74) is 4.13. The molecule has 6 heteroatoms. The zero-order valence-corrected chi connectivity index (χ0v) is 20.0. The Bertz CT molecular complexity index is 1300. The van der Waals surface area contributed by atoms with Crippen LogP contribution in [0.25, 0.3) is 11.0 Å². The number of carbonyl (C=O) groups excluding carboxylic acids is 1. The molecule has 1 aliphatic heterocycles. The minimum Gasteiger partial charge on any atom is -0.493 e. The molecule has 1 aliphatic rings. The first-order chi connectivity index (χ1) is 16.6. The van der Waals surface area contributed by atoms with Gasteiger partial charge in [0, 0.05) is 36.1 Å². The Morgan fingerprint density at radius 1 is 1.00 bits per heavy atom. The third-order valence-electron chi connectivity index (χ3n) is 6.44. The number of unbranched alkanes of at least 4 members (excludes halogenated alkanes) is 1. The lowest BCUT2D eigenvalue weighted by Crippen LogP contribution is -2.24. The molecule has 0 spiro atoms. The van der Waals surface area contributed by atoms with Crippen molar-refractivity contribution in [1.82, 2.24) is 9.55 Å². The van der Waals surface area contributed by atoms with E-state index in [-0.39, 0.29) is 11.8 Å². The molecule has 5 rings (SSSR count). The molecule has 5 nitrogen and oxygen atoms in total. The quantitative estimate of drug-likeness (QED) is 0.279. The van der Waals surface area contributed by atoms with Gasteiger partial charge in [0.05, 0.1) is 17.6 Å². The Morgan fingerprint density at radius 2 is 1.76 bits per heavy atom. The van der Waals surface area contributed by atoms with Crippen molar-refractivity contribution < 1.29 is 9.53 Å². The molecule has 1 saturated heterocycles. The number of aryl methyl sites for hydroxylation is 2. The topological polar surface area (TPSA) is 47.4 Å². The van der Waals surface area contributed by atoms with Crippen LogP contribution in [0.15, 0.2) is 72.8 Å². The average molecular weight is 474 g/mol. The SMILES string of the molecule is Cc1ccccc1OCCCCn1c([C@@H]2CC(=O)N(c3ccc(Cl)cc3)C2)nc2ccccc21. The predicted octanol–water partition coefficient (Wildman–Crippen LogP) is 6.38. The first kappa shape index (κ1) is 22.5. The van der Waals surface area contributed by atoms with Gasteiger partial charge in [-0.25, -0.2) is 4.98 Å². The zero-order chi connectivity index (χ0) is 23.5. The molecule has 34 heavy (non-hydrogen) atoms. The number of aromatic nitrogens is 2. The number of para-hydroxylation sites is 3. The van der Waals surface area contributed by atoms with E-state index in [2.05, 4.69) is 23.6 Å². The van der Waals surface area contributed by atoms with E-state index in [0.29, 0.717) is 24.6 Å². The summed E-state index contributed by atoms with van der Waals surface area (Å²) >= 11 is 6.03. The van der Waals surface area contributed by atoms with Gasteiger partial charge >= 0.3 is 0 Å². The van der Waals surface area contributed by atoms with E-state index in [1.165, 1.54) is 0 Å². The molecule has 1 atom stereocenters. The van der Waals surface area contributed by atoms with E-state index < -0.39 is 0 Å². The highest BCUT2D eigenvalue weighted by Crippen LogP contribution is 2.33. The van der Waals surface area contributed by atoms with Crippen LogP contribution < -0.4 is 9.64 Å². The molecule has 1 amide bonds. The molecule has 1 aromatic heterocycles. The summed E-state index contributed by atoms with van der Waals surface area (Å²) in [6.07, 6.45) is 2.38. The summed E-state index contributed by atoms with van der Waals surface area (Å²) in [5.74, 6) is 2.12. The number of amides is 1. The Morgan fingerprint density at radius 3 is 2.59 bits per heavy atom. The molecule has 0 radical (unpaired) electrons. The predicted molar refractivity (Wildman–Crippen MR) is 137 cm³/mol. The number of ether oxygens (including phenoxy) is 1. The summed E-state index contributed by atoms with van der Waals surface area (Å²) in [5, 5.41) is 0.667. The van der Waals surface area contributed by atoms with Crippen LogP contribution in [0.5, 0.6) is 5.75 Å². The molecule has 0 N–H and O–H groups in total. The van der Waals surface area contributed by atoms with Gasteiger partial charge in [0.1, 0.15) is 11.6 Å². The molecule has 4 aromatic rings. The number of nitrogens with zero attached hydrogens (tertiary/aromatic N) is 3. The van der Waals surface area contributed by atoms with Gasteiger partial charge in [0.15, 0.2) is 0 Å². The van der Waals surface area contributed by atoms with Crippen LogP contribution in [0.3, 0.4) is 0 Å². The zero-order valence-electron chi connectivity index (χ0n) is 19.3. The summed E-state index contributed by atoms with van der Waals surface area (Å²) in [7, 11) is 0. The molecule has 0 unspecified atom stereocenters. The Labute approximate surface area is 204 Å². The van der Waals surface area contributed by atoms with Crippen LogP contribution in [-0.4, -0.2) is 28.6 Å². The standard InChI is InChI=1S/C28H28ClN3O2/c1-20-8-2-5-11-26(20)34-17-7-6-16-31-25-10-4-3-9-24(25)30-28(31)21-18-27(33)32(19-21)23-14-12-22(29)13-15-23/h2-5,8-15,21H,6-7,16-19H2,1H3/t21-/m1/s1. The number of imidazole rings is 1. The van der Waals surface area contributed by atoms with Crippen LogP contribution in [0.4, 0.5) is 5.69 Å². The second kappa shape index (κ2) is 9.90.